The minimum Gasteiger partial charge on any atom is -0.382 e. The molecule has 0 heterocycles. The van der Waals surface area contributed by atoms with Gasteiger partial charge in [0.15, 0.2) is 0 Å². The zero-order chi connectivity index (χ0) is 11.5. The van der Waals surface area contributed by atoms with Crippen molar-refractivity contribution in [1.82, 2.24) is 5.32 Å². The van der Waals surface area contributed by atoms with Gasteiger partial charge in [0.2, 0.25) is 0 Å². The lowest BCUT2D eigenvalue weighted by Crippen LogP contribution is -2.34. The summed E-state index contributed by atoms with van der Waals surface area (Å²) in [6, 6.07) is 0.687. The molecule has 0 rings (SSSR count). The maximum atomic E-state index is 5.34. The molecule has 1 unspecified atom stereocenters. The first-order chi connectivity index (χ1) is 7.22. The van der Waals surface area contributed by atoms with Gasteiger partial charge in [-0.1, -0.05) is 20.8 Å². The van der Waals surface area contributed by atoms with E-state index in [9.17, 15) is 0 Å². The molecule has 0 fully saturated rings. The monoisotopic (exact) mass is 215 g/mol. The molecule has 0 aliphatic carbocycles. The fraction of sp³-hybridized carbons (Fsp3) is 1.00. The molecule has 0 bridgehead atoms. The molecule has 0 amide bonds. The van der Waals surface area contributed by atoms with E-state index >= 15 is 0 Å². The zero-order valence-corrected chi connectivity index (χ0v) is 11.0. The summed E-state index contributed by atoms with van der Waals surface area (Å²) in [7, 11) is 0. The molecule has 0 aromatic carbocycles. The minimum atomic E-state index is 0.687. The highest BCUT2D eigenvalue weighted by atomic mass is 16.5. The van der Waals surface area contributed by atoms with Crippen molar-refractivity contribution < 1.29 is 4.74 Å². The van der Waals surface area contributed by atoms with E-state index in [-0.39, 0.29) is 0 Å². The first kappa shape index (κ1) is 14.9. The minimum absolute atomic E-state index is 0.687. The van der Waals surface area contributed by atoms with E-state index in [1.807, 2.05) is 0 Å². The molecule has 92 valence electrons. The van der Waals surface area contributed by atoms with E-state index in [0.29, 0.717) is 6.04 Å². The van der Waals surface area contributed by atoms with Gasteiger partial charge in [0.05, 0.1) is 0 Å². The van der Waals surface area contributed by atoms with Crippen LogP contribution in [-0.2, 0) is 4.74 Å². The molecule has 0 saturated carbocycles. The summed E-state index contributed by atoms with van der Waals surface area (Å²) in [5, 5.41) is 3.62. The summed E-state index contributed by atoms with van der Waals surface area (Å²) in [6.45, 7) is 11.8. The Hall–Kier alpha value is -0.0800. The van der Waals surface area contributed by atoms with E-state index in [2.05, 4.69) is 33.0 Å². The summed E-state index contributed by atoms with van der Waals surface area (Å²) < 4.78 is 5.34. The fourth-order valence-electron chi connectivity index (χ4n) is 1.71. The average molecular weight is 215 g/mol. The van der Waals surface area contributed by atoms with Crippen LogP contribution in [0.3, 0.4) is 0 Å². The highest BCUT2D eigenvalue weighted by Crippen LogP contribution is 2.10. The lowest BCUT2D eigenvalue weighted by molar-refractivity contribution is 0.141. The Morgan fingerprint density at radius 3 is 2.40 bits per heavy atom. The molecule has 0 aliphatic heterocycles. The second-order valence-electron chi connectivity index (χ2n) is 4.50. The summed E-state index contributed by atoms with van der Waals surface area (Å²) in [5.74, 6) is 0.739. The first-order valence-electron chi connectivity index (χ1n) is 6.53. The van der Waals surface area contributed by atoms with Gasteiger partial charge in [0.1, 0.15) is 0 Å². The van der Waals surface area contributed by atoms with Crippen molar-refractivity contribution in [3.05, 3.63) is 0 Å². The third-order valence-corrected chi connectivity index (χ3v) is 2.72. The van der Waals surface area contributed by atoms with Crippen molar-refractivity contribution in [3.63, 3.8) is 0 Å². The normalized spacial score (nSPS) is 13.4. The van der Waals surface area contributed by atoms with Gasteiger partial charge in [0.25, 0.3) is 0 Å². The Balaban J connectivity index is 3.48. The molecule has 0 aliphatic rings. The van der Waals surface area contributed by atoms with E-state index in [1.54, 1.807) is 0 Å². The van der Waals surface area contributed by atoms with Crippen LogP contribution in [0.15, 0.2) is 0 Å². The molecule has 2 heteroatoms. The predicted molar refractivity (Wildman–Crippen MR) is 67.3 cm³/mol. The lowest BCUT2D eigenvalue weighted by Gasteiger charge is -2.22. The second-order valence-corrected chi connectivity index (χ2v) is 4.50. The number of ether oxygens (including phenoxy) is 1. The predicted octanol–water partition coefficient (Wildman–Crippen LogP) is 3.22. The first-order valence-corrected chi connectivity index (χ1v) is 6.53. The lowest BCUT2D eigenvalue weighted by atomic mass is 9.98. The molecule has 0 aromatic rings. The van der Waals surface area contributed by atoms with Crippen LogP contribution in [0.5, 0.6) is 0 Å². The summed E-state index contributed by atoms with van der Waals surface area (Å²) in [5.41, 5.74) is 0. The molecule has 0 aromatic heterocycles. The second kappa shape index (κ2) is 10.4. The van der Waals surface area contributed by atoms with Crippen molar-refractivity contribution in [2.75, 3.05) is 19.8 Å². The van der Waals surface area contributed by atoms with Gasteiger partial charge >= 0.3 is 0 Å². The molecule has 1 atom stereocenters. The topological polar surface area (TPSA) is 21.3 Å². The summed E-state index contributed by atoms with van der Waals surface area (Å²) in [6.07, 6.45) is 4.98. The van der Waals surface area contributed by atoms with Crippen molar-refractivity contribution >= 4 is 0 Å². The van der Waals surface area contributed by atoms with Crippen LogP contribution in [-0.4, -0.2) is 25.8 Å². The Bertz CT molecular complexity index is 126. The zero-order valence-electron chi connectivity index (χ0n) is 11.0. The summed E-state index contributed by atoms with van der Waals surface area (Å²) >= 11 is 0. The third-order valence-electron chi connectivity index (χ3n) is 2.72. The van der Waals surface area contributed by atoms with Crippen LogP contribution in [0.2, 0.25) is 0 Å². The van der Waals surface area contributed by atoms with Gasteiger partial charge in [-0.25, -0.2) is 0 Å². The number of rotatable bonds is 10. The Kier molecular flexibility index (Phi) is 10.4. The van der Waals surface area contributed by atoms with Crippen molar-refractivity contribution in [2.24, 2.45) is 5.92 Å². The van der Waals surface area contributed by atoms with E-state index in [4.69, 9.17) is 4.74 Å². The molecule has 0 spiro atoms. The number of unbranched alkanes of at least 4 members (excludes halogenated alkanes) is 1. The SMILES string of the molecule is CCCNC(CCCCOCC)C(C)C. The van der Waals surface area contributed by atoms with Gasteiger partial charge in [0, 0.05) is 19.3 Å². The maximum Gasteiger partial charge on any atom is 0.0465 e. The number of hydrogen-bond donors (Lipinski definition) is 1. The highest BCUT2D eigenvalue weighted by Gasteiger charge is 2.11. The van der Waals surface area contributed by atoms with Crippen LogP contribution in [0.1, 0.15) is 53.4 Å². The van der Waals surface area contributed by atoms with Crippen molar-refractivity contribution in [1.29, 1.82) is 0 Å². The van der Waals surface area contributed by atoms with Crippen LogP contribution in [0.4, 0.5) is 0 Å². The fourth-order valence-corrected chi connectivity index (χ4v) is 1.71. The van der Waals surface area contributed by atoms with Crippen molar-refractivity contribution in [2.45, 2.75) is 59.4 Å². The molecule has 15 heavy (non-hydrogen) atoms. The number of hydrogen-bond acceptors (Lipinski definition) is 2. The largest absolute Gasteiger partial charge is 0.382 e. The Labute approximate surface area is 95.8 Å². The average Bonchev–Trinajstić information content (AvgIpc) is 2.21. The molecule has 0 radical (unpaired) electrons. The third kappa shape index (κ3) is 8.88. The van der Waals surface area contributed by atoms with Crippen LogP contribution in [0.25, 0.3) is 0 Å². The Morgan fingerprint density at radius 2 is 1.87 bits per heavy atom. The Morgan fingerprint density at radius 1 is 1.13 bits per heavy atom. The smallest absolute Gasteiger partial charge is 0.0465 e. The van der Waals surface area contributed by atoms with Gasteiger partial charge in [-0.15, -0.1) is 0 Å². The molecular weight excluding hydrogens is 186 g/mol. The molecule has 1 N–H and O–H groups in total. The van der Waals surface area contributed by atoms with E-state index in [0.717, 1.165) is 25.7 Å². The van der Waals surface area contributed by atoms with Gasteiger partial charge in [-0.3, -0.25) is 0 Å². The summed E-state index contributed by atoms with van der Waals surface area (Å²) in [4.78, 5) is 0. The van der Waals surface area contributed by atoms with E-state index in [1.165, 1.54) is 25.7 Å². The standard InChI is InChI=1S/C13H29NO/c1-5-10-14-13(12(3)4)9-7-8-11-15-6-2/h12-14H,5-11H2,1-4H3. The van der Waals surface area contributed by atoms with E-state index < -0.39 is 0 Å². The van der Waals surface area contributed by atoms with Gasteiger partial charge < -0.3 is 10.1 Å². The number of nitrogens with one attached hydrogen (secondary N) is 1. The van der Waals surface area contributed by atoms with Crippen LogP contribution >= 0.6 is 0 Å². The van der Waals surface area contributed by atoms with Crippen molar-refractivity contribution in [3.8, 4) is 0 Å². The highest BCUT2D eigenvalue weighted by molar-refractivity contribution is 4.70. The van der Waals surface area contributed by atoms with Gasteiger partial charge in [-0.05, 0) is 45.1 Å². The van der Waals surface area contributed by atoms with Gasteiger partial charge in [-0.2, -0.15) is 0 Å². The molecular formula is C13H29NO. The molecule has 0 saturated heterocycles. The molecule has 2 nitrogen and oxygen atoms in total. The maximum absolute atomic E-state index is 5.34. The van der Waals surface area contributed by atoms with Crippen LogP contribution in [0, 0.1) is 5.92 Å². The quantitative estimate of drug-likeness (QED) is 0.565. The van der Waals surface area contributed by atoms with Crippen LogP contribution < -0.4 is 5.32 Å².